The van der Waals surface area contributed by atoms with Crippen molar-refractivity contribution < 1.29 is 23.9 Å². The van der Waals surface area contributed by atoms with E-state index in [-0.39, 0.29) is 12.2 Å². The van der Waals surface area contributed by atoms with Gasteiger partial charge in [-0.3, -0.25) is 0 Å². The molecule has 0 amide bonds. The summed E-state index contributed by atoms with van der Waals surface area (Å²) in [5.74, 6) is 0.472. The van der Waals surface area contributed by atoms with Crippen molar-refractivity contribution in [1.29, 1.82) is 0 Å². The quantitative estimate of drug-likeness (QED) is 0.891. The van der Waals surface area contributed by atoms with E-state index >= 15 is 0 Å². The zero-order valence-electron chi connectivity index (χ0n) is 10.5. The molecule has 1 N–H and O–H groups in total. The van der Waals surface area contributed by atoms with Crippen LogP contribution in [0.5, 0.6) is 11.5 Å². The number of carboxylic acid groups (broad SMARTS) is 1. The van der Waals surface area contributed by atoms with Crippen LogP contribution in [0, 0.1) is 6.92 Å². The number of aromatic nitrogens is 1. The van der Waals surface area contributed by atoms with Crippen LogP contribution in [0.2, 0.25) is 0 Å². The molecule has 6 nitrogen and oxygen atoms in total. The second kappa shape index (κ2) is 5.43. The van der Waals surface area contributed by atoms with E-state index in [0.717, 1.165) is 0 Å². The highest BCUT2D eigenvalue weighted by Gasteiger charge is 2.09. The normalized spacial score (nSPS) is 10.2. The highest BCUT2D eigenvalue weighted by molar-refractivity contribution is 5.88. The molecule has 0 unspecified atom stereocenters. The molecule has 2 aromatic rings. The number of aromatic carboxylic acids is 1. The van der Waals surface area contributed by atoms with Gasteiger partial charge in [-0.25, -0.2) is 4.79 Å². The fraction of sp³-hybridized carbons (Fsp3) is 0.231. The van der Waals surface area contributed by atoms with Gasteiger partial charge in [-0.15, -0.1) is 0 Å². The first-order valence-electron chi connectivity index (χ1n) is 5.56. The SMILES string of the molecule is COc1cc(OCc2cc(C)on2)cc(C(=O)O)c1. The van der Waals surface area contributed by atoms with Crippen LogP contribution in [-0.2, 0) is 6.61 Å². The van der Waals surface area contributed by atoms with E-state index in [1.54, 1.807) is 19.1 Å². The molecule has 0 spiro atoms. The van der Waals surface area contributed by atoms with E-state index in [9.17, 15) is 4.79 Å². The minimum absolute atomic E-state index is 0.102. The standard InChI is InChI=1S/C13H13NO5/c1-8-3-10(14-19-8)7-18-12-5-9(13(15)16)4-11(6-12)17-2/h3-6H,7H2,1-2H3,(H,15,16). The lowest BCUT2D eigenvalue weighted by Gasteiger charge is -2.07. The number of rotatable bonds is 5. The molecule has 0 fully saturated rings. The Balaban J connectivity index is 2.15. The third-order valence-corrected chi connectivity index (χ3v) is 2.43. The molecule has 0 saturated carbocycles. The maximum absolute atomic E-state index is 11.0. The molecule has 0 aliphatic heterocycles. The van der Waals surface area contributed by atoms with Crippen LogP contribution in [-0.4, -0.2) is 23.3 Å². The van der Waals surface area contributed by atoms with Crippen LogP contribution in [0.25, 0.3) is 0 Å². The molecule has 6 heteroatoms. The summed E-state index contributed by atoms with van der Waals surface area (Å²) >= 11 is 0. The zero-order chi connectivity index (χ0) is 13.8. The highest BCUT2D eigenvalue weighted by atomic mass is 16.5. The minimum Gasteiger partial charge on any atom is -0.497 e. The average molecular weight is 263 g/mol. The lowest BCUT2D eigenvalue weighted by Crippen LogP contribution is -2.00. The van der Waals surface area contributed by atoms with Gasteiger partial charge >= 0.3 is 5.97 Å². The van der Waals surface area contributed by atoms with Crippen LogP contribution in [0.4, 0.5) is 0 Å². The molecule has 2 rings (SSSR count). The van der Waals surface area contributed by atoms with E-state index < -0.39 is 5.97 Å². The van der Waals surface area contributed by atoms with Gasteiger partial charge in [0.2, 0.25) is 0 Å². The molecular formula is C13H13NO5. The third-order valence-electron chi connectivity index (χ3n) is 2.43. The molecule has 0 aliphatic carbocycles. The lowest BCUT2D eigenvalue weighted by atomic mass is 10.2. The second-order valence-electron chi connectivity index (χ2n) is 3.92. The summed E-state index contributed by atoms with van der Waals surface area (Å²) in [5.41, 5.74) is 0.739. The molecule has 19 heavy (non-hydrogen) atoms. The van der Waals surface area contributed by atoms with E-state index in [0.29, 0.717) is 23.0 Å². The number of hydrogen-bond acceptors (Lipinski definition) is 5. The Hall–Kier alpha value is -2.50. The predicted molar refractivity (Wildman–Crippen MR) is 65.5 cm³/mol. The molecule has 1 heterocycles. The largest absolute Gasteiger partial charge is 0.497 e. The third kappa shape index (κ3) is 3.25. The van der Waals surface area contributed by atoms with Gasteiger partial charge in [0.1, 0.15) is 29.6 Å². The van der Waals surface area contributed by atoms with Gasteiger partial charge in [0, 0.05) is 12.1 Å². The number of nitrogens with zero attached hydrogens (tertiary/aromatic N) is 1. The first kappa shape index (κ1) is 12.9. The Labute approximate surface area is 109 Å². The summed E-state index contributed by atoms with van der Waals surface area (Å²) in [6.07, 6.45) is 0. The van der Waals surface area contributed by atoms with Crippen molar-refractivity contribution in [3.63, 3.8) is 0 Å². The van der Waals surface area contributed by atoms with E-state index in [1.165, 1.54) is 19.2 Å². The van der Waals surface area contributed by atoms with Crippen molar-refractivity contribution in [2.45, 2.75) is 13.5 Å². The van der Waals surface area contributed by atoms with Gasteiger partial charge in [0.05, 0.1) is 12.7 Å². The molecule has 0 aliphatic rings. The number of methoxy groups -OCH3 is 1. The van der Waals surface area contributed by atoms with Gasteiger partial charge < -0.3 is 19.1 Å². The lowest BCUT2D eigenvalue weighted by molar-refractivity contribution is 0.0696. The molecular weight excluding hydrogens is 250 g/mol. The summed E-state index contributed by atoms with van der Waals surface area (Å²) in [4.78, 5) is 11.0. The van der Waals surface area contributed by atoms with Gasteiger partial charge in [-0.05, 0) is 19.1 Å². The van der Waals surface area contributed by atoms with E-state index in [1.807, 2.05) is 0 Å². The predicted octanol–water partition coefficient (Wildman–Crippen LogP) is 2.27. The minimum atomic E-state index is -1.04. The van der Waals surface area contributed by atoms with Gasteiger partial charge in [-0.2, -0.15) is 0 Å². The van der Waals surface area contributed by atoms with Crippen molar-refractivity contribution in [3.05, 3.63) is 41.3 Å². The van der Waals surface area contributed by atoms with Crippen LogP contribution >= 0.6 is 0 Å². The van der Waals surface area contributed by atoms with Crippen LogP contribution in [0.15, 0.2) is 28.8 Å². The second-order valence-corrected chi connectivity index (χ2v) is 3.92. The Bertz CT molecular complexity index is 590. The molecule has 100 valence electrons. The van der Waals surface area contributed by atoms with Crippen molar-refractivity contribution in [1.82, 2.24) is 5.16 Å². The number of carboxylic acids is 1. The Morgan fingerprint density at radius 2 is 2.05 bits per heavy atom. The number of benzene rings is 1. The molecule has 0 atom stereocenters. The fourth-order valence-corrected chi connectivity index (χ4v) is 1.54. The van der Waals surface area contributed by atoms with Gasteiger partial charge in [-0.1, -0.05) is 5.16 Å². The Morgan fingerprint density at radius 1 is 1.32 bits per heavy atom. The number of hydrogen-bond donors (Lipinski definition) is 1. The van der Waals surface area contributed by atoms with Crippen molar-refractivity contribution >= 4 is 5.97 Å². The monoisotopic (exact) mass is 263 g/mol. The molecule has 1 aromatic carbocycles. The van der Waals surface area contributed by atoms with Gasteiger partial charge in [0.15, 0.2) is 0 Å². The van der Waals surface area contributed by atoms with Crippen molar-refractivity contribution in [2.75, 3.05) is 7.11 Å². The summed E-state index contributed by atoms with van der Waals surface area (Å²) in [7, 11) is 1.46. The summed E-state index contributed by atoms with van der Waals surface area (Å²) in [5, 5.41) is 12.8. The van der Waals surface area contributed by atoms with Gasteiger partial charge in [0.25, 0.3) is 0 Å². The highest BCUT2D eigenvalue weighted by Crippen LogP contribution is 2.23. The molecule has 0 saturated heterocycles. The maximum Gasteiger partial charge on any atom is 0.335 e. The molecule has 0 bridgehead atoms. The smallest absolute Gasteiger partial charge is 0.335 e. The number of aryl methyl sites for hydroxylation is 1. The summed E-state index contributed by atoms with van der Waals surface area (Å²) < 4.78 is 15.4. The molecule has 1 aromatic heterocycles. The average Bonchev–Trinajstić information content (AvgIpc) is 2.81. The first-order chi connectivity index (χ1) is 9.08. The van der Waals surface area contributed by atoms with Crippen molar-refractivity contribution in [2.24, 2.45) is 0 Å². The summed E-state index contributed by atoms with van der Waals surface area (Å²) in [6.45, 7) is 1.98. The van der Waals surface area contributed by atoms with Crippen LogP contribution < -0.4 is 9.47 Å². The molecule has 0 radical (unpaired) electrons. The zero-order valence-corrected chi connectivity index (χ0v) is 10.5. The number of carbonyl (C=O) groups is 1. The summed E-state index contributed by atoms with van der Waals surface area (Å²) in [6, 6.07) is 6.21. The van der Waals surface area contributed by atoms with Crippen LogP contribution in [0.1, 0.15) is 21.8 Å². The van der Waals surface area contributed by atoms with E-state index in [2.05, 4.69) is 5.16 Å². The Kier molecular flexibility index (Phi) is 3.70. The Morgan fingerprint density at radius 3 is 2.63 bits per heavy atom. The fourth-order valence-electron chi connectivity index (χ4n) is 1.54. The first-order valence-corrected chi connectivity index (χ1v) is 5.56. The van der Waals surface area contributed by atoms with E-state index in [4.69, 9.17) is 19.1 Å². The topological polar surface area (TPSA) is 81.8 Å². The van der Waals surface area contributed by atoms with Crippen LogP contribution in [0.3, 0.4) is 0 Å². The van der Waals surface area contributed by atoms with Crippen molar-refractivity contribution in [3.8, 4) is 11.5 Å². The number of ether oxygens (including phenoxy) is 2. The maximum atomic E-state index is 11.0.